The Morgan fingerprint density at radius 2 is 1.47 bits per heavy atom. The van der Waals surface area contributed by atoms with Gasteiger partial charge in [0.2, 0.25) is 0 Å². The molecule has 19 heavy (non-hydrogen) atoms. The van der Waals surface area contributed by atoms with E-state index >= 15 is 0 Å². The number of halogens is 3. The number of hydrogen-bond donors (Lipinski definition) is 2. The topological polar surface area (TPSA) is 41.1 Å². The van der Waals surface area contributed by atoms with Crippen LogP contribution in [0.4, 0.5) is 20.6 Å². The fourth-order valence-corrected chi connectivity index (χ4v) is 1.70. The minimum Gasteiger partial charge on any atom is -0.308 e. The van der Waals surface area contributed by atoms with E-state index in [0.717, 1.165) is 0 Å². The molecule has 0 aliphatic rings. The lowest BCUT2D eigenvalue weighted by atomic mass is 10.3. The first kappa shape index (κ1) is 13.6. The predicted octanol–water partition coefficient (Wildman–Crippen LogP) is 4.78. The highest BCUT2D eigenvalue weighted by Crippen LogP contribution is 2.25. The van der Waals surface area contributed by atoms with Crippen molar-refractivity contribution in [2.45, 2.75) is 0 Å². The monoisotopic (exact) mass is 298 g/mol. The molecule has 2 rings (SSSR count). The molecule has 0 bridgehead atoms. The predicted molar refractivity (Wildman–Crippen MR) is 75.5 cm³/mol. The average Bonchev–Trinajstić information content (AvgIpc) is 2.37. The van der Waals surface area contributed by atoms with Crippen molar-refractivity contribution in [3.63, 3.8) is 0 Å². The molecule has 0 saturated heterocycles. The number of benzene rings is 2. The summed E-state index contributed by atoms with van der Waals surface area (Å²) in [4.78, 5) is 11.7. The summed E-state index contributed by atoms with van der Waals surface area (Å²) in [6.07, 6.45) is 0. The summed E-state index contributed by atoms with van der Waals surface area (Å²) >= 11 is 11.6. The zero-order valence-corrected chi connectivity index (χ0v) is 11.1. The molecule has 0 aromatic heterocycles. The van der Waals surface area contributed by atoms with Crippen molar-refractivity contribution in [1.82, 2.24) is 0 Å². The van der Waals surface area contributed by atoms with Crippen molar-refractivity contribution in [1.29, 1.82) is 0 Å². The number of urea groups is 1. The number of carbonyl (C=O) groups excluding carboxylic acids is 1. The van der Waals surface area contributed by atoms with E-state index in [1.807, 2.05) is 0 Å². The van der Waals surface area contributed by atoms with E-state index in [4.69, 9.17) is 23.2 Å². The fourth-order valence-electron chi connectivity index (χ4n) is 1.40. The number of hydrogen-bond acceptors (Lipinski definition) is 1. The molecule has 3 nitrogen and oxygen atoms in total. The summed E-state index contributed by atoms with van der Waals surface area (Å²) < 4.78 is 12.7. The van der Waals surface area contributed by atoms with Gasteiger partial charge in [-0.25, -0.2) is 9.18 Å². The third-order valence-electron chi connectivity index (χ3n) is 2.28. The Bertz CT molecular complexity index is 602. The lowest BCUT2D eigenvalue weighted by Gasteiger charge is -2.08. The molecule has 6 heteroatoms. The first-order valence-corrected chi connectivity index (χ1v) is 6.09. The van der Waals surface area contributed by atoms with Gasteiger partial charge >= 0.3 is 6.03 Å². The summed E-state index contributed by atoms with van der Waals surface area (Å²) in [7, 11) is 0. The smallest absolute Gasteiger partial charge is 0.308 e. The Morgan fingerprint density at radius 3 is 2.11 bits per heavy atom. The third-order valence-corrected chi connectivity index (χ3v) is 3.02. The normalized spacial score (nSPS) is 10.1. The van der Waals surface area contributed by atoms with Crippen LogP contribution >= 0.6 is 23.2 Å². The Morgan fingerprint density at radius 1 is 0.895 bits per heavy atom. The molecular weight excluding hydrogens is 290 g/mol. The van der Waals surface area contributed by atoms with Gasteiger partial charge in [-0.3, -0.25) is 0 Å². The summed E-state index contributed by atoms with van der Waals surface area (Å²) in [5.74, 6) is -0.365. The second-order valence-electron chi connectivity index (χ2n) is 3.71. The highest BCUT2D eigenvalue weighted by atomic mass is 35.5. The Labute approximate surface area is 119 Å². The molecule has 0 saturated carbocycles. The molecule has 98 valence electrons. The Hall–Kier alpha value is -1.78. The maximum Gasteiger partial charge on any atom is 0.323 e. The van der Waals surface area contributed by atoms with Crippen molar-refractivity contribution in [3.05, 3.63) is 58.3 Å². The van der Waals surface area contributed by atoms with E-state index in [2.05, 4.69) is 10.6 Å². The van der Waals surface area contributed by atoms with Crippen LogP contribution in [0, 0.1) is 5.82 Å². The Kier molecular flexibility index (Phi) is 4.24. The largest absolute Gasteiger partial charge is 0.323 e. The van der Waals surface area contributed by atoms with E-state index in [9.17, 15) is 9.18 Å². The van der Waals surface area contributed by atoms with Gasteiger partial charge in [0.1, 0.15) is 5.82 Å². The van der Waals surface area contributed by atoms with E-state index in [0.29, 0.717) is 21.4 Å². The van der Waals surface area contributed by atoms with Gasteiger partial charge in [-0.1, -0.05) is 23.2 Å². The van der Waals surface area contributed by atoms with Gasteiger partial charge < -0.3 is 10.6 Å². The van der Waals surface area contributed by atoms with Crippen molar-refractivity contribution in [2.75, 3.05) is 10.6 Å². The lowest BCUT2D eigenvalue weighted by molar-refractivity contribution is 0.262. The van der Waals surface area contributed by atoms with Crippen LogP contribution in [0.25, 0.3) is 0 Å². The van der Waals surface area contributed by atoms with E-state index in [1.54, 1.807) is 12.1 Å². The minimum absolute atomic E-state index is 0.348. The molecule has 0 radical (unpaired) electrons. The number of rotatable bonds is 2. The van der Waals surface area contributed by atoms with E-state index in [-0.39, 0.29) is 5.82 Å². The van der Waals surface area contributed by atoms with Crippen LogP contribution in [0.1, 0.15) is 0 Å². The second-order valence-corrected chi connectivity index (χ2v) is 4.53. The minimum atomic E-state index is -0.454. The standard InChI is InChI=1S/C13H9Cl2FN2O/c14-11-6-5-10(7-12(11)15)18-13(19)17-9-3-1-8(16)2-4-9/h1-7H,(H2,17,18,19). The first-order valence-electron chi connectivity index (χ1n) is 5.33. The molecule has 0 atom stereocenters. The number of amides is 2. The summed E-state index contributed by atoms with van der Waals surface area (Å²) in [5.41, 5.74) is 0.993. The highest BCUT2D eigenvalue weighted by Gasteiger charge is 2.04. The lowest BCUT2D eigenvalue weighted by Crippen LogP contribution is -2.19. The van der Waals surface area contributed by atoms with Crippen molar-refractivity contribution < 1.29 is 9.18 Å². The summed E-state index contributed by atoms with van der Waals surface area (Å²) in [6.45, 7) is 0. The fraction of sp³-hybridized carbons (Fsp3) is 0. The van der Waals surface area contributed by atoms with Crippen LogP contribution in [-0.2, 0) is 0 Å². The highest BCUT2D eigenvalue weighted by molar-refractivity contribution is 6.42. The van der Waals surface area contributed by atoms with Gasteiger partial charge in [-0.2, -0.15) is 0 Å². The van der Waals surface area contributed by atoms with Crippen LogP contribution in [0.3, 0.4) is 0 Å². The van der Waals surface area contributed by atoms with Crippen LogP contribution in [-0.4, -0.2) is 6.03 Å². The van der Waals surface area contributed by atoms with Crippen molar-refractivity contribution >= 4 is 40.6 Å². The molecule has 0 spiro atoms. The van der Waals surface area contributed by atoms with Crippen molar-refractivity contribution in [3.8, 4) is 0 Å². The second kappa shape index (κ2) is 5.91. The first-order chi connectivity index (χ1) is 9.04. The quantitative estimate of drug-likeness (QED) is 0.823. The van der Waals surface area contributed by atoms with Gasteiger partial charge in [-0.05, 0) is 42.5 Å². The van der Waals surface area contributed by atoms with Gasteiger partial charge in [-0.15, -0.1) is 0 Å². The average molecular weight is 299 g/mol. The molecule has 0 aliphatic carbocycles. The van der Waals surface area contributed by atoms with Gasteiger partial charge in [0, 0.05) is 11.4 Å². The molecule has 0 heterocycles. The molecule has 0 unspecified atom stereocenters. The maximum atomic E-state index is 12.7. The number of nitrogens with one attached hydrogen (secondary N) is 2. The van der Waals surface area contributed by atoms with Crippen molar-refractivity contribution in [2.24, 2.45) is 0 Å². The van der Waals surface area contributed by atoms with E-state index in [1.165, 1.54) is 30.3 Å². The molecule has 2 amide bonds. The molecule has 2 aromatic carbocycles. The number of carbonyl (C=O) groups is 1. The number of anilines is 2. The van der Waals surface area contributed by atoms with Gasteiger partial charge in [0.05, 0.1) is 10.0 Å². The SMILES string of the molecule is O=C(Nc1ccc(F)cc1)Nc1ccc(Cl)c(Cl)c1. The van der Waals surface area contributed by atoms with Gasteiger partial charge in [0.25, 0.3) is 0 Å². The van der Waals surface area contributed by atoms with Crippen LogP contribution in [0.5, 0.6) is 0 Å². The van der Waals surface area contributed by atoms with E-state index < -0.39 is 6.03 Å². The van der Waals surface area contributed by atoms with Gasteiger partial charge in [0.15, 0.2) is 0 Å². The molecular formula is C13H9Cl2FN2O. The molecule has 0 aliphatic heterocycles. The summed E-state index contributed by atoms with van der Waals surface area (Å²) in [6, 6.07) is 9.73. The Balaban J connectivity index is 2.01. The molecule has 2 aromatic rings. The van der Waals surface area contributed by atoms with Crippen LogP contribution in [0.15, 0.2) is 42.5 Å². The van der Waals surface area contributed by atoms with Crippen LogP contribution < -0.4 is 10.6 Å². The summed E-state index contributed by atoms with van der Waals surface area (Å²) in [5, 5.41) is 5.90. The maximum absolute atomic E-state index is 12.7. The zero-order chi connectivity index (χ0) is 13.8. The third kappa shape index (κ3) is 3.84. The zero-order valence-electron chi connectivity index (χ0n) is 9.58. The van der Waals surface area contributed by atoms with Crippen LogP contribution in [0.2, 0.25) is 10.0 Å². The molecule has 2 N–H and O–H groups in total. The molecule has 0 fully saturated rings.